The monoisotopic (exact) mass is 231 g/mol. The molecule has 1 aromatic heterocycles. The van der Waals surface area contributed by atoms with Gasteiger partial charge in [0.1, 0.15) is 0 Å². The van der Waals surface area contributed by atoms with E-state index in [1.165, 1.54) is 0 Å². The van der Waals surface area contributed by atoms with Crippen LogP contribution in [-0.2, 0) is 0 Å². The summed E-state index contributed by atoms with van der Waals surface area (Å²) >= 11 is 5.59. The summed E-state index contributed by atoms with van der Waals surface area (Å²) in [5, 5.41) is 9.76. The molecule has 1 aliphatic heterocycles. The molecule has 0 spiro atoms. The fourth-order valence-corrected chi connectivity index (χ4v) is 1.81. The lowest BCUT2D eigenvalue weighted by Gasteiger charge is -2.19. The normalized spacial score (nSPS) is 26.0. The molecule has 15 heavy (non-hydrogen) atoms. The van der Waals surface area contributed by atoms with E-state index in [-0.39, 0.29) is 11.1 Å². The molecule has 2 rings (SSSR count). The van der Waals surface area contributed by atoms with Crippen molar-refractivity contribution >= 4 is 17.4 Å². The Labute approximate surface area is 91.7 Å². The number of aromatic nitrogens is 2. The van der Waals surface area contributed by atoms with Crippen molar-refractivity contribution in [2.24, 2.45) is 0 Å². The van der Waals surface area contributed by atoms with E-state index < -0.39 is 11.4 Å². The van der Waals surface area contributed by atoms with Crippen LogP contribution in [0.25, 0.3) is 0 Å². The molecule has 0 aliphatic carbocycles. The van der Waals surface area contributed by atoms with Gasteiger partial charge in [-0.3, -0.25) is 0 Å². The summed E-state index contributed by atoms with van der Waals surface area (Å²) in [7, 11) is 0. The van der Waals surface area contributed by atoms with Gasteiger partial charge in [-0.15, -0.1) is 0 Å². The summed E-state index contributed by atoms with van der Waals surface area (Å²) in [4.78, 5) is 9.02. The molecule has 1 atom stereocenters. The molecule has 0 saturated carbocycles. The van der Waals surface area contributed by atoms with Crippen LogP contribution in [0.3, 0.4) is 0 Å². The van der Waals surface area contributed by atoms with E-state index in [0.29, 0.717) is 19.5 Å². The van der Waals surface area contributed by atoms with Gasteiger partial charge >= 0.3 is 0 Å². The SMILES string of the molecule is CC1(O)CCN(c2nc(Cl)ncc2F)C1. The van der Waals surface area contributed by atoms with Crippen molar-refractivity contribution in [3.05, 3.63) is 17.3 Å². The molecule has 1 N–H and O–H groups in total. The van der Waals surface area contributed by atoms with Crippen LogP contribution in [0.4, 0.5) is 10.2 Å². The van der Waals surface area contributed by atoms with Crippen LogP contribution in [0.2, 0.25) is 5.28 Å². The van der Waals surface area contributed by atoms with Gasteiger partial charge in [-0.1, -0.05) is 0 Å². The second-order valence-corrected chi connectivity index (χ2v) is 4.32. The van der Waals surface area contributed by atoms with Crippen LogP contribution in [-0.4, -0.2) is 33.8 Å². The smallest absolute Gasteiger partial charge is 0.224 e. The third kappa shape index (κ3) is 2.18. The minimum absolute atomic E-state index is 0.0120. The number of anilines is 1. The van der Waals surface area contributed by atoms with E-state index in [9.17, 15) is 9.50 Å². The summed E-state index contributed by atoms with van der Waals surface area (Å²) in [5.74, 6) is -0.357. The molecule has 1 aliphatic rings. The second-order valence-electron chi connectivity index (χ2n) is 3.98. The Morgan fingerprint density at radius 1 is 1.67 bits per heavy atom. The molecule has 0 amide bonds. The molecular weight excluding hydrogens is 221 g/mol. The predicted molar refractivity (Wildman–Crippen MR) is 54.5 cm³/mol. The van der Waals surface area contributed by atoms with Crippen molar-refractivity contribution < 1.29 is 9.50 Å². The quantitative estimate of drug-likeness (QED) is 0.739. The van der Waals surface area contributed by atoms with Gasteiger partial charge in [0.05, 0.1) is 11.8 Å². The Morgan fingerprint density at radius 2 is 2.40 bits per heavy atom. The highest BCUT2D eigenvalue weighted by Crippen LogP contribution is 2.27. The summed E-state index contributed by atoms with van der Waals surface area (Å²) < 4.78 is 13.4. The first-order chi connectivity index (χ1) is 6.98. The summed E-state index contributed by atoms with van der Waals surface area (Å²) in [6, 6.07) is 0. The Hall–Kier alpha value is -0.940. The van der Waals surface area contributed by atoms with Gasteiger partial charge in [0.2, 0.25) is 5.28 Å². The molecule has 1 saturated heterocycles. The lowest BCUT2D eigenvalue weighted by molar-refractivity contribution is 0.0838. The Balaban J connectivity index is 2.27. The van der Waals surface area contributed by atoms with Crippen molar-refractivity contribution in [2.45, 2.75) is 18.9 Å². The minimum atomic E-state index is -0.788. The van der Waals surface area contributed by atoms with E-state index in [0.717, 1.165) is 6.20 Å². The zero-order valence-corrected chi connectivity index (χ0v) is 9.00. The van der Waals surface area contributed by atoms with Crippen molar-refractivity contribution in [3.8, 4) is 0 Å². The highest BCUT2D eigenvalue weighted by atomic mass is 35.5. The van der Waals surface area contributed by atoms with Gasteiger partial charge in [-0.25, -0.2) is 9.37 Å². The van der Waals surface area contributed by atoms with Crippen molar-refractivity contribution in [3.63, 3.8) is 0 Å². The van der Waals surface area contributed by atoms with E-state index in [2.05, 4.69) is 9.97 Å². The number of rotatable bonds is 1. The maximum Gasteiger partial charge on any atom is 0.224 e. The van der Waals surface area contributed by atoms with Crippen LogP contribution in [0.1, 0.15) is 13.3 Å². The van der Waals surface area contributed by atoms with Crippen LogP contribution >= 0.6 is 11.6 Å². The van der Waals surface area contributed by atoms with Gasteiger partial charge < -0.3 is 10.0 Å². The number of hydrogen-bond donors (Lipinski definition) is 1. The molecule has 2 heterocycles. The highest BCUT2D eigenvalue weighted by Gasteiger charge is 2.33. The molecule has 0 radical (unpaired) electrons. The van der Waals surface area contributed by atoms with E-state index in [1.807, 2.05) is 0 Å². The van der Waals surface area contributed by atoms with Crippen LogP contribution in [0.15, 0.2) is 6.20 Å². The molecule has 1 fully saturated rings. The first-order valence-electron chi connectivity index (χ1n) is 4.63. The third-order valence-electron chi connectivity index (χ3n) is 2.45. The first-order valence-corrected chi connectivity index (χ1v) is 5.01. The number of nitrogens with zero attached hydrogens (tertiary/aromatic N) is 3. The second kappa shape index (κ2) is 3.57. The van der Waals surface area contributed by atoms with Crippen LogP contribution in [0.5, 0.6) is 0 Å². The number of aliphatic hydroxyl groups is 1. The minimum Gasteiger partial charge on any atom is -0.388 e. The molecule has 1 aromatic rings. The average molecular weight is 232 g/mol. The lowest BCUT2D eigenvalue weighted by Crippen LogP contribution is -2.30. The summed E-state index contributed by atoms with van der Waals surface area (Å²) in [6.45, 7) is 2.64. The largest absolute Gasteiger partial charge is 0.388 e. The molecule has 82 valence electrons. The summed E-state index contributed by atoms with van der Waals surface area (Å²) in [6.07, 6.45) is 1.63. The molecule has 4 nitrogen and oxygen atoms in total. The van der Waals surface area contributed by atoms with Crippen molar-refractivity contribution in [1.29, 1.82) is 0 Å². The van der Waals surface area contributed by atoms with Crippen LogP contribution < -0.4 is 4.90 Å². The third-order valence-corrected chi connectivity index (χ3v) is 2.63. The zero-order valence-electron chi connectivity index (χ0n) is 8.24. The molecular formula is C9H11ClFN3O. The van der Waals surface area contributed by atoms with Gasteiger partial charge in [-0.2, -0.15) is 4.98 Å². The Morgan fingerprint density at radius 3 is 3.00 bits per heavy atom. The molecule has 6 heteroatoms. The first kappa shape index (κ1) is 10.6. The highest BCUT2D eigenvalue weighted by molar-refractivity contribution is 6.28. The van der Waals surface area contributed by atoms with Gasteiger partial charge in [0.15, 0.2) is 11.6 Å². The lowest BCUT2D eigenvalue weighted by atomic mass is 10.1. The van der Waals surface area contributed by atoms with E-state index in [4.69, 9.17) is 11.6 Å². The fourth-order valence-electron chi connectivity index (χ4n) is 1.68. The van der Waals surface area contributed by atoms with Gasteiger partial charge in [-0.05, 0) is 24.9 Å². The number of β-amino-alcohol motifs (C(OH)–C–C–N with tert-alkyl or cyclic N) is 1. The number of halogens is 2. The maximum absolute atomic E-state index is 13.4. The van der Waals surface area contributed by atoms with Crippen molar-refractivity contribution in [1.82, 2.24) is 9.97 Å². The standard InChI is InChI=1S/C9H11ClFN3O/c1-9(15)2-3-14(5-9)7-6(11)4-12-8(10)13-7/h4,15H,2-3,5H2,1H3. The Kier molecular flexibility index (Phi) is 2.52. The molecule has 1 unspecified atom stereocenters. The Bertz CT molecular complexity index is 386. The predicted octanol–water partition coefficient (Wildman–Crippen LogP) is 1.23. The number of hydrogen-bond acceptors (Lipinski definition) is 4. The van der Waals surface area contributed by atoms with Gasteiger partial charge in [0, 0.05) is 13.1 Å². The topological polar surface area (TPSA) is 49.2 Å². The maximum atomic E-state index is 13.4. The van der Waals surface area contributed by atoms with Crippen molar-refractivity contribution in [2.75, 3.05) is 18.0 Å². The molecule has 0 aromatic carbocycles. The molecule has 0 bridgehead atoms. The van der Waals surface area contributed by atoms with E-state index >= 15 is 0 Å². The fraction of sp³-hybridized carbons (Fsp3) is 0.556. The van der Waals surface area contributed by atoms with E-state index in [1.54, 1.807) is 11.8 Å². The zero-order chi connectivity index (χ0) is 11.1. The summed E-state index contributed by atoms with van der Waals surface area (Å²) in [5.41, 5.74) is -0.788. The van der Waals surface area contributed by atoms with Gasteiger partial charge in [0.25, 0.3) is 0 Å². The average Bonchev–Trinajstić information content (AvgIpc) is 2.50. The van der Waals surface area contributed by atoms with Crippen LogP contribution in [0, 0.1) is 5.82 Å².